The Bertz CT molecular complexity index is 182. The molecule has 1 aliphatic rings. The molecule has 1 rings (SSSR count). The largest absolute Gasteiger partial charge is 0.316 e. The first-order chi connectivity index (χ1) is 7.69. The molecular weight excluding hydrogens is 196 g/mol. The van der Waals surface area contributed by atoms with Gasteiger partial charge in [-0.3, -0.25) is 0 Å². The van der Waals surface area contributed by atoms with Crippen molar-refractivity contribution in [1.82, 2.24) is 10.2 Å². The molecule has 2 heteroatoms. The molecule has 1 aliphatic carbocycles. The van der Waals surface area contributed by atoms with E-state index in [-0.39, 0.29) is 0 Å². The van der Waals surface area contributed by atoms with Gasteiger partial charge in [-0.15, -0.1) is 0 Å². The van der Waals surface area contributed by atoms with Crippen molar-refractivity contribution in [3.63, 3.8) is 0 Å². The SMILES string of the molecule is CCCC(CN(C)C1CCCCC1C)NC. The van der Waals surface area contributed by atoms with Crippen LogP contribution in [0, 0.1) is 5.92 Å². The zero-order valence-corrected chi connectivity index (χ0v) is 11.6. The van der Waals surface area contributed by atoms with Gasteiger partial charge in [0.15, 0.2) is 0 Å². The van der Waals surface area contributed by atoms with Crippen LogP contribution in [0.25, 0.3) is 0 Å². The van der Waals surface area contributed by atoms with Crippen molar-refractivity contribution in [1.29, 1.82) is 0 Å². The van der Waals surface area contributed by atoms with Gasteiger partial charge in [-0.1, -0.05) is 33.1 Å². The second-order valence-electron chi connectivity index (χ2n) is 5.54. The van der Waals surface area contributed by atoms with Crippen LogP contribution in [0.15, 0.2) is 0 Å². The maximum absolute atomic E-state index is 3.45. The highest BCUT2D eigenvalue weighted by atomic mass is 15.2. The molecule has 0 radical (unpaired) electrons. The van der Waals surface area contributed by atoms with E-state index in [0.29, 0.717) is 6.04 Å². The molecule has 1 fully saturated rings. The lowest BCUT2D eigenvalue weighted by molar-refractivity contribution is 0.127. The van der Waals surface area contributed by atoms with Crippen LogP contribution in [0.3, 0.4) is 0 Å². The van der Waals surface area contributed by atoms with Crippen molar-refractivity contribution in [3.8, 4) is 0 Å². The summed E-state index contributed by atoms with van der Waals surface area (Å²) in [5.74, 6) is 0.887. The molecule has 0 amide bonds. The molecule has 1 N–H and O–H groups in total. The summed E-state index contributed by atoms with van der Waals surface area (Å²) in [6, 6.07) is 1.49. The zero-order valence-electron chi connectivity index (χ0n) is 11.6. The van der Waals surface area contributed by atoms with Crippen molar-refractivity contribution in [2.24, 2.45) is 5.92 Å². The standard InChI is InChI=1S/C14H30N2/c1-5-8-13(15-3)11-16(4)14-10-7-6-9-12(14)2/h12-15H,5-11H2,1-4H3. The van der Waals surface area contributed by atoms with Gasteiger partial charge in [-0.25, -0.2) is 0 Å². The van der Waals surface area contributed by atoms with Crippen LogP contribution in [-0.4, -0.2) is 37.6 Å². The number of nitrogens with one attached hydrogen (secondary N) is 1. The van der Waals surface area contributed by atoms with E-state index in [9.17, 15) is 0 Å². The predicted octanol–water partition coefficient (Wildman–Crippen LogP) is 2.89. The van der Waals surface area contributed by atoms with E-state index < -0.39 is 0 Å². The molecule has 3 atom stereocenters. The first kappa shape index (κ1) is 14.0. The van der Waals surface area contributed by atoms with Gasteiger partial charge in [-0.05, 0) is 39.3 Å². The van der Waals surface area contributed by atoms with E-state index in [4.69, 9.17) is 0 Å². The highest BCUT2D eigenvalue weighted by Crippen LogP contribution is 2.27. The van der Waals surface area contributed by atoms with Gasteiger partial charge in [0.25, 0.3) is 0 Å². The number of likely N-dealkylation sites (N-methyl/N-ethyl adjacent to an activating group) is 2. The molecule has 96 valence electrons. The van der Waals surface area contributed by atoms with Crippen LogP contribution < -0.4 is 5.32 Å². The van der Waals surface area contributed by atoms with E-state index in [0.717, 1.165) is 12.0 Å². The summed E-state index contributed by atoms with van der Waals surface area (Å²) in [5.41, 5.74) is 0. The first-order valence-corrected chi connectivity index (χ1v) is 7.06. The quantitative estimate of drug-likeness (QED) is 0.749. The molecular formula is C14H30N2. The summed E-state index contributed by atoms with van der Waals surface area (Å²) >= 11 is 0. The molecule has 0 aromatic heterocycles. The average Bonchev–Trinajstić information content (AvgIpc) is 2.28. The first-order valence-electron chi connectivity index (χ1n) is 7.06. The van der Waals surface area contributed by atoms with E-state index >= 15 is 0 Å². The van der Waals surface area contributed by atoms with Crippen LogP contribution in [0.4, 0.5) is 0 Å². The fourth-order valence-electron chi connectivity index (χ4n) is 3.11. The van der Waals surface area contributed by atoms with Crippen LogP contribution >= 0.6 is 0 Å². The molecule has 0 spiro atoms. The lowest BCUT2D eigenvalue weighted by Crippen LogP contribution is -2.45. The summed E-state index contributed by atoms with van der Waals surface area (Å²) in [6.07, 6.45) is 8.27. The van der Waals surface area contributed by atoms with Crippen molar-refractivity contribution >= 4 is 0 Å². The Morgan fingerprint density at radius 3 is 2.56 bits per heavy atom. The Labute approximate surface area is 102 Å². The van der Waals surface area contributed by atoms with E-state index in [1.54, 1.807) is 0 Å². The number of hydrogen-bond acceptors (Lipinski definition) is 2. The summed E-state index contributed by atoms with van der Waals surface area (Å²) in [4.78, 5) is 2.60. The number of nitrogens with zero attached hydrogens (tertiary/aromatic N) is 1. The maximum atomic E-state index is 3.45. The molecule has 0 aromatic rings. The van der Waals surface area contributed by atoms with Gasteiger partial charge in [0.1, 0.15) is 0 Å². The Hall–Kier alpha value is -0.0800. The van der Waals surface area contributed by atoms with Gasteiger partial charge in [-0.2, -0.15) is 0 Å². The van der Waals surface area contributed by atoms with Gasteiger partial charge >= 0.3 is 0 Å². The second-order valence-corrected chi connectivity index (χ2v) is 5.54. The van der Waals surface area contributed by atoms with Gasteiger partial charge in [0.05, 0.1) is 0 Å². The average molecular weight is 226 g/mol. The molecule has 2 nitrogen and oxygen atoms in total. The van der Waals surface area contributed by atoms with E-state index in [1.807, 2.05) is 0 Å². The number of hydrogen-bond donors (Lipinski definition) is 1. The Balaban J connectivity index is 2.39. The predicted molar refractivity (Wildman–Crippen MR) is 71.8 cm³/mol. The third kappa shape index (κ3) is 4.06. The molecule has 0 bridgehead atoms. The second kappa shape index (κ2) is 7.29. The Morgan fingerprint density at radius 1 is 1.31 bits per heavy atom. The summed E-state index contributed by atoms with van der Waals surface area (Å²) in [5, 5.41) is 3.45. The monoisotopic (exact) mass is 226 g/mol. The molecule has 0 aliphatic heterocycles. The normalized spacial score (nSPS) is 28.3. The van der Waals surface area contributed by atoms with E-state index in [2.05, 4.69) is 38.2 Å². The van der Waals surface area contributed by atoms with Gasteiger partial charge in [0.2, 0.25) is 0 Å². The maximum Gasteiger partial charge on any atom is 0.0191 e. The minimum atomic E-state index is 0.670. The van der Waals surface area contributed by atoms with Crippen LogP contribution in [0.1, 0.15) is 52.4 Å². The van der Waals surface area contributed by atoms with Gasteiger partial charge < -0.3 is 10.2 Å². The lowest BCUT2D eigenvalue weighted by Gasteiger charge is -2.38. The Kier molecular flexibility index (Phi) is 6.37. The third-order valence-corrected chi connectivity index (χ3v) is 4.19. The Morgan fingerprint density at radius 2 is 2.00 bits per heavy atom. The van der Waals surface area contributed by atoms with Crippen LogP contribution in [0.2, 0.25) is 0 Å². The minimum Gasteiger partial charge on any atom is -0.316 e. The van der Waals surface area contributed by atoms with Gasteiger partial charge in [0, 0.05) is 18.6 Å². The van der Waals surface area contributed by atoms with Crippen molar-refractivity contribution in [2.45, 2.75) is 64.5 Å². The molecule has 3 unspecified atom stereocenters. The number of rotatable bonds is 6. The van der Waals surface area contributed by atoms with Crippen molar-refractivity contribution < 1.29 is 0 Å². The molecule has 0 saturated heterocycles. The van der Waals surface area contributed by atoms with Crippen LogP contribution in [0.5, 0.6) is 0 Å². The van der Waals surface area contributed by atoms with Crippen molar-refractivity contribution in [3.05, 3.63) is 0 Å². The van der Waals surface area contributed by atoms with Crippen molar-refractivity contribution in [2.75, 3.05) is 20.6 Å². The molecule has 16 heavy (non-hydrogen) atoms. The fraction of sp³-hybridized carbons (Fsp3) is 1.00. The lowest BCUT2D eigenvalue weighted by atomic mass is 9.85. The summed E-state index contributed by atoms with van der Waals surface area (Å²) in [7, 11) is 4.41. The third-order valence-electron chi connectivity index (χ3n) is 4.19. The van der Waals surface area contributed by atoms with E-state index in [1.165, 1.54) is 45.1 Å². The smallest absolute Gasteiger partial charge is 0.0191 e. The highest BCUT2D eigenvalue weighted by Gasteiger charge is 2.25. The summed E-state index contributed by atoms with van der Waals surface area (Å²) < 4.78 is 0. The minimum absolute atomic E-state index is 0.670. The fourth-order valence-corrected chi connectivity index (χ4v) is 3.11. The topological polar surface area (TPSA) is 15.3 Å². The van der Waals surface area contributed by atoms with Crippen LogP contribution in [-0.2, 0) is 0 Å². The highest BCUT2D eigenvalue weighted by molar-refractivity contribution is 4.81. The molecule has 1 saturated carbocycles. The molecule has 0 heterocycles. The molecule has 0 aromatic carbocycles. The summed E-state index contributed by atoms with van der Waals surface area (Å²) in [6.45, 7) is 5.90. The zero-order chi connectivity index (χ0) is 12.0.